The largest absolute Gasteiger partial charge is 0.443 e. The second-order valence-electron chi connectivity index (χ2n) is 4.23. The highest BCUT2D eigenvalue weighted by molar-refractivity contribution is 5.65. The summed E-state index contributed by atoms with van der Waals surface area (Å²) in [6.07, 6.45) is 1.32. The predicted molar refractivity (Wildman–Crippen MR) is 56.5 cm³/mol. The molecule has 82 valence electrons. The van der Waals surface area contributed by atoms with Gasteiger partial charge in [-0.15, -0.1) is 0 Å². The number of amides is 1. The monoisotopic (exact) mass is 200 g/mol. The molecule has 1 unspecified atom stereocenters. The number of carbonyl (C=O) groups excluding carboxylic acids is 1. The Kier molecular flexibility index (Phi) is 4.60. The third-order valence-electron chi connectivity index (χ3n) is 2.80. The molecule has 4 heteroatoms. The molecular weight excluding hydrogens is 180 g/mol. The van der Waals surface area contributed by atoms with Crippen molar-refractivity contribution < 1.29 is 9.53 Å². The van der Waals surface area contributed by atoms with Crippen LogP contribution >= 0.6 is 0 Å². The summed E-state index contributed by atoms with van der Waals surface area (Å²) in [6.45, 7) is 7.70. The van der Waals surface area contributed by atoms with Gasteiger partial charge < -0.3 is 15.9 Å². The molecule has 0 heterocycles. The molecule has 0 bridgehead atoms. The molecule has 2 atom stereocenters. The normalized spacial score (nSPS) is 15.7. The minimum Gasteiger partial charge on any atom is -0.443 e. The first-order chi connectivity index (χ1) is 6.31. The van der Waals surface area contributed by atoms with Gasteiger partial charge in [0.1, 0.15) is 5.60 Å². The maximum Gasteiger partial charge on any atom is 0.405 e. The highest BCUT2D eigenvalue weighted by atomic mass is 16.6. The van der Waals surface area contributed by atoms with E-state index in [0.29, 0.717) is 12.3 Å². The van der Waals surface area contributed by atoms with Gasteiger partial charge in [-0.2, -0.15) is 0 Å². The van der Waals surface area contributed by atoms with Crippen LogP contribution in [0.15, 0.2) is 0 Å². The van der Waals surface area contributed by atoms with E-state index in [1.54, 1.807) is 0 Å². The zero-order valence-corrected chi connectivity index (χ0v) is 9.33. The molecule has 0 saturated heterocycles. The second-order valence-corrected chi connectivity index (χ2v) is 4.23. The molecule has 14 heavy (non-hydrogen) atoms. The van der Waals surface area contributed by atoms with E-state index in [1.807, 2.05) is 27.7 Å². The van der Waals surface area contributed by atoms with Crippen LogP contribution in [0.25, 0.3) is 0 Å². The van der Waals surface area contributed by atoms with Crippen LogP contribution < -0.4 is 5.73 Å². The van der Waals surface area contributed by atoms with Crippen LogP contribution in [0.5, 0.6) is 0 Å². The van der Waals surface area contributed by atoms with Crippen LogP contribution in [-0.4, -0.2) is 17.9 Å². The summed E-state index contributed by atoms with van der Waals surface area (Å²) in [5.41, 5.74) is 4.41. The number of carbonyl (C=O) groups is 1. The molecule has 1 amide bonds. The van der Waals surface area contributed by atoms with Crippen LogP contribution in [0.1, 0.15) is 34.1 Å². The summed E-state index contributed by atoms with van der Waals surface area (Å²) in [7, 11) is 0. The Morgan fingerprint density at radius 3 is 2.43 bits per heavy atom. The van der Waals surface area contributed by atoms with E-state index in [1.165, 1.54) is 6.21 Å². The van der Waals surface area contributed by atoms with Crippen molar-refractivity contribution in [1.29, 1.82) is 5.41 Å². The average Bonchev–Trinajstić information content (AvgIpc) is 2.01. The number of nitrogens with one attached hydrogen (secondary N) is 1. The van der Waals surface area contributed by atoms with Gasteiger partial charge in [-0.1, -0.05) is 13.8 Å². The van der Waals surface area contributed by atoms with Crippen molar-refractivity contribution in [2.24, 2.45) is 17.6 Å². The van der Waals surface area contributed by atoms with E-state index in [2.05, 4.69) is 0 Å². The smallest absolute Gasteiger partial charge is 0.405 e. The second kappa shape index (κ2) is 4.98. The summed E-state index contributed by atoms with van der Waals surface area (Å²) < 4.78 is 5.03. The van der Waals surface area contributed by atoms with Gasteiger partial charge in [0.15, 0.2) is 0 Å². The van der Waals surface area contributed by atoms with Crippen LogP contribution in [0.2, 0.25) is 0 Å². The number of primary amides is 1. The Bertz CT molecular complexity index is 214. The first-order valence-electron chi connectivity index (χ1n) is 4.78. The third-order valence-corrected chi connectivity index (χ3v) is 2.80. The maximum absolute atomic E-state index is 10.7. The van der Waals surface area contributed by atoms with E-state index in [0.717, 1.165) is 0 Å². The first kappa shape index (κ1) is 12.9. The summed E-state index contributed by atoms with van der Waals surface area (Å²) in [5, 5.41) is 7.02. The standard InChI is InChI=1S/C10H20N2O2/c1-7(5-6-11)8(2)10(3,4)14-9(12)13/h6-8,11H,5H2,1-4H3,(H2,12,13)/t7-,8?/m0/s1. The van der Waals surface area contributed by atoms with Gasteiger partial charge >= 0.3 is 6.09 Å². The Balaban J connectivity index is 4.39. The van der Waals surface area contributed by atoms with Crippen molar-refractivity contribution in [2.45, 2.75) is 39.7 Å². The highest BCUT2D eigenvalue weighted by Gasteiger charge is 2.32. The number of rotatable bonds is 5. The number of nitrogens with two attached hydrogens (primary N) is 1. The van der Waals surface area contributed by atoms with Crippen molar-refractivity contribution in [3.8, 4) is 0 Å². The number of hydrogen-bond donors (Lipinski definition) is 2. The molecule has 0 aliphatic rings. The summed E-state index contributed by atoms with van der Waals surface area (Å²) in [6, 6.07) is 0. The van der Waals surface area contributed by atoms with E-state index < -0.39 is 11.7 Å². The molecule has 0 aromatic heterocycles. The van der Waals surface area contributed by atoms with Crippen molar-refractivity contribution in [3.63, 3.8) is 0 Å². The average molecular weight is 200 g/mol. The molecule has 0 rings (SSSR count). The Labute approximate surface area is 85.3 Å². The van der Waals surface area contributed by atoms with Gasteiger partial charge in [-0.3, -0.25) is 0 Å². The fourth-order valence-electron chi connectivity index (χ4n) is 1.43. The molecule has 0 aromatic rings. The Morgan fingerprint density at radius 1 is 1.57 bits per heavy atom. The van der Waals surface area contributed by atoms with Crippen LogP contribution in [0, 0.1) is 17.2 Å². The Hall–Kier alpha value is -1.06. The minimum atomic E-state index is -0.746. The van der Waals surface area contributed by atoms with E-state index >= 15 is 0 Å². The number of hydrogen-bond acceptors (Lipinski definition) is 3. The van der Waals surface area contributed by atoms with Crippen molar-refractivity contribution >= 4 is 12.3 Å². The van der Waals surface area contributed by atoms with E-state index in [9.17, 15) is 4.79 Å². The van der Waals surface area contributed by atoms with E-state index in [-0.39, 0.29) is 5.92 Å². The lowest BCUT2D eigenvalue weighted by atomic mass is 9.81. The van der Waals surface area contributed by atoms with Gasteiger partial charge in [-0.05, 0) is 38.3 Å². The molecule has 4 nitrogen and oxygen atoms in total. The topological polar surface area (TPSA) is 76.2 Å². The van der Waals surface area contributed by atoms with Crippen molar-refractivity contribution in [2.75, 3.05) is 0 Å². The third kappa shape index (κ3) is 3.77. The first-order valence-corrected chi connectivity index (χ1v) is 4.78. The fraction of sp³-hybridized carbons (Fsp3) is 0.800. The highest BCUT2D eigenvalue weighted by Crippen LogP contribution is 2.29. The Morgan fingerprint density at radius 2 is 2.07 bits per heavy atom. The SMILES string of the molecule is CC([C@@H](C)CC=N)C(C)(C)OC(N)=O. The number of ether oxygens (including phenoxy) is 1. The molecule has 0 fully saturated rings. The lowest BCUT2D eigenvalue weighted by Gasteiger charge is -2.34. The van der Waals surface area contributed by atoms with Gasteiger partial charge in [0, 0.05) is 0 Å². The predicted octanol–water partition coefficient (Wildman–Crippen LogP) is 2.17. The molecule has 0 saturated carbocycles. The molecule has 0 aliphatic heterocycles. The van der Waals surface area contributed by atoms with Crippen molar-refractivity contribution in [1.82, 2.24) is 0 Å². The summed E-state index contributed by atoms with van der Waals surface area (Å²) in [4.78, 5) is 10.7. The molecule has 0 aromatic carbocycles. The lowest BCUT2D eigenvalue weighted by molar-refractivity contribution is -0.0120. The quantitative estimate of drug-likeness (QED) is 0.667. The lowest BCUT2D eigenvalue weighted by Crippen LogP contribution is -2.40. The van der Waals surface area contributed by atoms with Gasteiger partial charge in [0.05, 0.1) is 0 Å². The molecule has 3 N–H and O–H groups in total. The van der Waals surface area contributed by atoms with E-state index in [4.69, 9.17) is 15.9 Å². The zero-order valence-electron chi connectivity index (χ0n) is 9.33. The zero-order chi connectivity index (χ0) is 11.4. The van der Waals surface area contributed by atoms with Gasteiger partial charge in [0.2, 0.25) is 0 Å². The van der Waals surface area contributed by atoms with Crippen LogP contribution in [-0.2, 0) is 4.74 Å². The van der Waals surface area contributed by atoms with Crippen LogP contribution in [0.3, 0.4) is 0 Å². The van der Waals surface area contributed by atoms with Crippen molar-refractivity contribution in [3.05, 3.63) is 0 Å². The molecule has 0 aliphatic carbocycles. The molecule has 0 radical (unpaired) electrons. The van der Waals surface area contributed by atoms with Crippen LogP contribution in [0.4, 0.5) is 4.79 Å². The van der Waals surface area contributed by atoms with Gasteiger partial charge in [-0.25, -0.2) is 4.79 Å². The minimum absolute atomic E-state index is 0.164. The molecular formula is C10H20N2O2. The summed E-state index contributed by atoms with van der Waals surface area (Å²) in [5.74, 6) is 0.457. The maximum atomic E-state index is 10.7. The van der Waals surface area contributed by atoms with Gasteiger partial charge in [0.25, 0.3) is 0 Å². The fourth-order valence-corrected chi connectivity index (χ4v) is 1.43. The molecule has 0 spiro atoms. The summed E-state index contributed by atoms with van der Waals surface area (Å²) >= 11 is 0.